The molecule has 2 N–H and O–H groups in total. The summed E-state index contributed by atoms with van der Waals surface area (Å²) in [6.07, 6.45) is 0.785. The molecule has 0 fully saturated rings. The van der Waals surface area contributed by atoms with Crippen molar-refractivity contribution in [2.24, 2.45) is 5.92 Å². The maximum absolute atomic E-state index is 13.5. The number of nitrogens with one attached hydrogen (secondary N) is 1. The molecule has 1 unspecified atom stereocenters. The number of hydrogen-bond donors (Lipinski definition) is 2. The van der Waals surface area contributed by atoms with Crippen molar-refractivity contribution in [3.8, 4) is 5.75 Å². The lowest BCUT2D eigenvalue weighted by Gasteiger charge is -2.23. The number of carbonyl (C=O) groups is 2. The summed E-state index contributed by atoms with van der Waals surface area (Å²) in [6, 6.07) is 14.4. The third-order valence-electron chi connectivity index (χ3n) is 5.98. The van der Waals surface area contributed by atoms with Crippen molar-refractivity contribution in [2.45, 2.75) is 59.6 Å². The van der Waals surface area contributed by atoms with E-state index in [-0.39, 0.29) is 31.4 Å². The van der Waals surface area contributed by atoms with E-state index >= 15 is 0 Å². The second-order valence-corrected chi connectivity index (χ2v) is 9.83. The van der Waals surface area contributed by atoms with Crippen LogP contribution in [-0.2, 0) is 17.8 Å². The summed E-state index contributed by atoms with van der Waals surface area (Å²) in [5, 5.41) is 12.3. The normalized spacial score (nSPS) is 11.9. The summed E-state index contributed by atoms with van der Waals surface area (Å²) in [4.78, 5) is 24.7. The molecule has 0 aliphatic rings. The van der Waals surface area contributed by atoms with Crippen molar-refractivity contribution in [2.75, 3.05) is 0 Å². The highest BCUT2D eigenvalue weighted by molar-refractivity contribution is 5.96. The van der Waals surface area contributed by atoms with Gasteiger partial charge in [0, 0.05) is 12.0 Å². The predicted molar refractivity (Wildman–Crippen MR) is 139 cm³/mol. The minimum absolute atomic E-state index is 0.0225. The molecule has 0 aromatic heterocycles. The summed E-state index contributed by atoms with van der Waals surface area (Å²) in [5.74, 6) is -2.51. The largest absolute Gasteiger partial charge is 0.489 e. The number of carbonyl (C=O) groups excluding carboxylic acids is 1. The van der Waals surface area contributed by atoms with Gasteiger partial charge in [0.25, 0.3) is 5.91 Å². The van der Waals surface area contributed by atoms with Gasteiger partial charge < -0.3 is 15.2 Å². The quantitative estimate of drug-likeness (QED) is 0.302. The van der Waals surface area contributed by atoms with Crippen LogP contribution in [0.15, 0.2) is 54.6 Å². The molecular weight excluding hydrogens is 476 g/mol. The monoisotopic (exact) mass is 509 g/mol. The Morgan fingerprint density at radius 2 is 1.65 bits per heavy atom. The van der Waals surface area contributed by atoms with E-state index in [0.29, 0.717) is 28.4 Å². The molecule has 0 bridgehead atoms. The maximum Gasteiger partial charge on any atom is 0.303 e. The van der Waals surface area contributed by atoms with Gasteiger partial charge in [0.2, 0.25) is 0 Å². The Hall–Kier alpha value is -3.74. The minimum atomic E-state index is -0.965. The second kappa shape index (κ2) is 12.5. The first-order valence-corrected chi connectivity index (χ1v) is 12.3. The van der Waals surface area contributed by atoms with Crippen LogP contribution in [-0.4, -0.2) is 17.0 Å². The van der Waals surface area contributed by atoms with Crippen LogP contribution in [0.2, 0.25) is 0 Å². The highest BCUT2D eigenvalue weighted by Crippen LogP contribution is 2.26. The highest BCUT2D eigenvalue weighted by Gasteiger charge is 2.21. The van der Waals surface area contributed by atoms with Gasteiger partial charge >= 0.3 is 5.97 Å². The molecule has 1 atom stereocenters. The number of ether oxygens (including phenoxy) is 1. The average Bonchev–Trinajstić information content (AvgIpc) is 2.82. The summed E-state index contributed by atoms with van der Waals surface area (Å²) in [6.45, 7) is 8.19. The molecule has 0 saturated heterocycles. The summed E-state index contributed by atoms with van der Waals surface area (Å²) in [7, 11) is 0. The summed E-state index contributed by atoms with van der Waals surface area (Å²) in [5.41, 5.74) is 4.57. The molecule has 196 valence electrons. The van der Waals surface area contributed by atoms with Crippen LogP contribution in [0.5, 0.6) is 5.75 Å². The predicted octanol–water partition coefficient (Wildman–Crippen LogP) is 6.70. The smallest absolute Gasteiger partial charge is 0.303 e. The van der Waals surface area contributed by atoms with Gasteiger partial charge in [0.1, 0.15) is 12.4 Å². The number of halogens is 2. The number of carboxylic acids is 1. The number of rotatable bonds is 11. The topological polar surface area (TPSA) is 75.6 Å². The first kappa shape index (κ1) is 27.8. The van der Waals surface area contributed by atoms with Crippen LogP contribution >= 0.6 is 0 Å². The number of carboxylic acid groups (broad SMARTS) is 1. The van der Waals surface area contributed by atoms with Crippen molar-refractivity contribution in [3.05, 3.63) is 99.6 Å². The van der Waals surface area contributed by atoms with E-state index in [4.69, 9.17) is 4.74 Å². The van der Waals surface area contributed by atoms with E-state index in [2.05, 4.69) is 37.4 Å². The van der Waals surface area contributed by atoms with Crippen LogP contribution in [0.1, 0.15) is 70.9 Å². The molecule has 3 aromatic rings. The molecule has 0 radical (unpaired) electrons. The zero-order valence-electron chi connectivity index (χ0n) is 21.6. The Balaban J connectivity index is 1.88. The van der Waals surface area contributed by atoms with Crippen LogP contribution in [0.4, 0.5) is 8.78 Å². The molecule has 3 rings (SSSR count). The highest BCUT2D eigenvalue weighted by atomic mass is 19.2. The van der Waals surface area contributed by atoms with Gasteiger partial charge in [-0.3, -0.25) is 9.59 Å². The molecule has 1 amide bonds. The zero-order chi connectivity index (χ0) is 27.1. The molecule has 37 heavy (non-hydrogen) atoms. The van der Waals surface area contributed by atoms with Gasteiger partial charge in [-0.05, 0) is 73.6 Å². The summed E-state index contributed by atoms with van der Waals surface area (Å²) >= 11 is 0. The number of aliphatic carboxylic acids is 1. The van der Waals surface area contributed by atoms with Crippen LogP contribution in [0, 0.1) is 31.4 Å². The molecule has 0 aliphatic carbocycles. The molecule has 0 heterocycles. The average molecular weight is 510 g/mol. The maximum atomic E-state index is 13.5. The van der Waals surface area contributed by atoms with E-state index in [1.54, 1.807) is 18.2 Å². The Labute approximate surface area is 216 Å². The van der Waals surface area contributed by atoms with Gasteiger partial charge in [-0.1, -0.05) is 55.3 Å². The minimum Gasteiger partial charge on any atom is -0.489 e. The van der Waals surface area contributed by atoms with Gasteiger partial charge in [-0.15, -0.1) is 0 Å². The fourth-order valence-electron chi connectivity index (χ4n) is 4.31. The lowest BCUT2D eigenvalue weighted by atomic mass is 9.93. The van der Waals surface area contributed by atoms with Gasteiger partial charge in [0.15, 0.2) is 11.6 Å². The standard InChI is InChI=1S/C30H33F2NO4/c1-18(2)11-28(23-13-19(3)12-20(4)14-23)33-30(36)25-16-24(8-6-22(25)7-10-29(34)35)37-17-21-5-9-26(31)27(32)15-21/h5-6,8-9,12-16,18,28H,7,10-11,17H2,1-4H3,(H,33,36)(H,34,35). The van der Waals surface area contributed by atoms with Crippen molar-refractivity contribution in [1.29, 1.82) is 0 Å². The SMILES string of the molecule is Cc1cc(C)cc(C(CC(C)C)NC(=O)c2cc(OCc3ccc(F)c(F)c3)ccc2CCC(=O)O)c1. The van der Waals surface area contributed by atoms with Crippen molar-refractivity contribution < 1.29 is 28.2 Å². The Morgan fingerprint density at radius 1 is 0.946 bits per heavy atom. The van der Waals surface area contributed by atoms with Gasteiger partial charge in [-0.25, -0.2) is 8.78 Å². The second-order valence-electron chi connectivity index (χ2n) is 9.83. The molecule has 0 aliphatic heterocycles. The molecular formula is C30H33F2NO4. The Bertz CT molecular complexity index is 1250. The molecule has 3 aromatic carbocycles. The Kier molecular flexibility index (Phi) is 9.39. The fraction of sp³-hybridized carbons (Fsp3) is 0.333. The molecule has 0 spiro atoms. The molecule has 0 saturated carbocycles. The van der Waals surface area contributed by atoms with Crippen molar-refractivity contribution in [1.82, 2.24) is 5.32 Å². The Morgan fingerprint density at radius 3 is 2.27 bits per heavy atom. The lowest BCUT2D eigenvalue weighted by molar-refractivity contribution is -0.136. The van der Waals surface area contributed by atoms with E-state index in [1.807, 2.05) is 13.8 Å². The van der Waals surface area contributed by atoms with E-state index in [9.17, 15) is 23.5 Å². The van der Waals surface area contributed by atoms with Gasteiger partial charge in [-0.2, -0.15) is 0 Å². The fourth-order valence-corrected chi connectivity index (χ4v) is 4.31. The number of aryl methyl sites for hydroxylation is 3. The lowest BCUT2D eigenvalue weighted by Crippen LogP contribution is -2.30. The first-order valence-electron chi connectivity index (χ1n) is 12.3. The molecule has 7 heteroatoms. The van der Waals surface area contributed by atoms with E-state index in [1.165, 1.54) is 6.07 Å². The van der Waals surface area contributed by atoms with Gasteiger partial charge in [0.05, 0.1) is 6.04 Å². The zero-order valence-corrected chi connectivity index (χ0v) is 21.6. The van der Waals surface area contributed by atoms with E-state index < -0.39 is 17.6 Å². The van der Waals surface area contributed by atoms with Crippen molar-refractivity contribution in [3.63, 3.8) is 0 Å². The van der Waals surface area contributed by atoms with Crippen molar-refractivity contribution >= 4 is 11.9 Å². The summed E-state index contributed by atoms with van der Waals surface area (Å²) < 4.78 is 32.5. The van der Waals surface area contributed by atoms with Crippen LogP contribution in [0.25, 0.3) is 0 Å². The van der Waals surface area contributed by atoms with E-state index in [0.717, 1.165) is 35.2 Å². The molecule has 5 nitrogen and oxygen atoms in total. The third kappa shape index (κ3) is 8.13. The number of amides is 1. The number of hydrogen-bond acceptors (Lipinski definition) is 3. The number of benzene rings is 3. The van der Waals surface area contributed by atoms with Crippen LogP contribution in [0.3, 0.4) is 0 Å². The first-order chi connectivity index (χ1) is 17.5. The third-order valence-corrected chi connectivity index (χ3v) is 5.98. The van der Waals surface area contributed by atoms with Crippen LogP contribution < -0.4 is 10.1 Å².